The number of benzene rings is 1. The summed E-state index contributed by atoms with van der Waals surface area (Å²) in [5.41, 5.74) is 7.15. The van der Waals surface area contributed by atoms with Crippen molar-refractivity contribution in [3.63, 3.8) is 0 Å². The van der Waals surface area contributed by atoms with E-state index in [9.17, 15) is 8.42 Å². The van der Waals surface area contributed by atoms with Crippen LogP contribution >= 0.6 is 0 Å². The van der Waals surface area contributed by atoms with E-state index in [4.69, 9.17) is 5.73 Å². The number of nitrogens with two attached hydrogens (primary N) is 1. The van der Waals surface area contributed by atoms with Crippen molar-refractivity contribution < 1.29 is 8.42 Å². The molecule has 0 aliphatic carbocycles. The van der Waals surface area contributed by atoms with Gasteiger partial charge in [0.25, 0.3) is 0 Å². The molecule has 0 spiro atoms. The van der Waals surface area contributed by atoms with Gasteiger partial charge >= 0.3 is 0 Å². The highest BCUT2D eigenvalue weighted by molar-refractivity contribution is 7.92. The Kier molecular flexibility index (Phi) is 3.71. The van der Waals surface area contributed by atoms with E-state index in [1.807, 2.05) is 19.1 Å². The van der Waals surface area contributed by atoms with Crippen molar-refractivity contribution in [1.82, 2.24) is 0 Å². The number of hydrogen-bond donors (Lipinski definition) is 1. The SMILES string of the molecule is Cc1ccc(N(CCN)S(C)(=O)=O)cc1. The molecule has 0 unspecified atom stereocenters. The van der Waals surface area contributed by atoms with E-state index in [-0.39, 0.29) is 0 Å². The Bertz CT molecular complexity index is 412. The third kappa shape index (κ3) is 3.21. The van der Waals surface area contributed by atoms with Gasteiger partial charge in [-0.3, -0.25) is 4.31 Å². The van der Waals surface area contributed by atoms with Crippen LogP contribution in [0.2, 0.25) is 0 Å². The number of aryl methyl sites for hydroxylation is 1. The lowest BCUT2D eigenvalue weighted by molar-refractivity contribution is 0.597. The standard InChI is InChI=1S/C10H16N2O2S/c1-9-3-5-10(6-4-9)12(8-7-11)15(2,13)14/h3-6H,7-8,11H2,1-2H3. The Morgan fingerprint density at radius 3 is 2.20 bits per heavy atom. The summed E-state index contributed by atoms with van der Waals surface area (Å²) in [6, 6.07) is 7.33. The summed E-state index contributed by atoms with van der Waals surface area (Å²) in [5, 5.41) is 0. The van der Waals surface area contributed by atoms with Crippen molar-refractivity contribution in [1.29, 1.82) is 0 Å². The van der Waals surface area contributed by atoms with Gasteiger partial charge in [-0.15, -0.1) is 0 Å². The van der Waals surface area contributed by atoms with Crippen molar-refractivity contribution in [3.05, 3.63) is 29.8 Å². The minimum absolute atomic E-state index is 0.306. The summed E-state index contributed by atoms with van der Waals surface area (Å²) in [5.74, 6) is 0. The molecule has 1 rings (SSSR count). The third-order valence-electron chi connectivity index (χ3n) is 2.05. The van der Waals surface area contributed by atoms with Gasteiger partial charge in [-0.25, -0.2) is 8.42 Å². The molecule has 1 aromatic rings. The lowest BCUT2D eigenvalue weighted by Crippen LogP contribution is -2.34. The maximum Gasteiger partial charge on any atom is 0.232 e. The van der Waals surface area contributed by atoms with E-state index in [1.165, 1.54) is 10.6 Å². The number of rotatable bonds is 4. The Balaban J connectivity index is 3.05. The largest absolute Gasteiger partial charge is 0.329 e. The molecule has 2 N–H and O–H groups in total. The van der Waals surface area contributed by atoms with Crippen LogP contribution in [-0.2, 0) is 10.0 Å². The molecule has 0 heterocycles. The Labute approximate surface area is 90.8 Å². The van der Waals surface area contributed by atoms with Crippen LogP contribution in [0.4, 0.5) is 5.69 Å². The molecule has 4 nitrogen and oxygen atoms in total. The molecule has 0 radical (unpaired) electrons. The van der Waals surface area contributed by atoms with E-state index < -0.39 is 10.0 Å². The Hall–Kier alpha value is -1.07. The Morgan fingerprint density at radius 2 is 1.80 bits per heavy atom. The van der Waals surface area contributed by atoms with E-state index in [0.717, 1.165) is 5.56 Å². The number of sulfonamides is 1. The molecule has 5 heteroatoms. The second-order valence-corrected chi connectivity index (χ2v) is 5.37. The van der Waals surface area contributed by atoms with Crippen molar-refractivity contribution in [2.75, 3.05) is 23.7 Å². The van der Waals surface area contributed by atoms with Gasteiger partial charge in [-0.1, -0.05) is 17.7 Å². The molecule has 1 aromatic carbocycles. The predicted octanol–water partition coefficient (Wildman–Crippen LogP) is 0.720. The molecule has 0 saturated heterocycles. The van der Waals surface area contributed by atoms with Crippen molar-refractivity contribution in [2.24, 2.45) is 5.73 Å². The average molecular weight is 228 g/mol. The number of hydrogen-bond acceptors (Lipinski definition) is 3. The van der Waals surface area contributed by atoms with E-state index in [2.05, 4.69) is 0 Å². The van der Waals surface area contributed by atoms with E-state index in [0.29, 0.717) is 18.8 Å². The van der Waals surface area contributed by atoms with Crippen LogP contribution in [0, 0.1) is 6.92 Å². The highest BCUT2D eigenvalue weighted by Crippen LogP contribution is 2.17. The molecule has 0 aromatic heterocycles. The summed E-state index contributed by atoms with van der Waals surface area (Å²) < 4.78 is 24.3. The van der Waals surface area contributed by atoms with Gasteiger partial charge in [0.05, 0.1) is 11.9 Å². The summed E-state index contributed by atoms with van der Waals surface area (Å²) in [6.07, 6.45) is 1.18. The highest BCUT2D eigenvalue weighted by Gasteiger charge is 2.15. The first-order chi connectivity index (χ1) is 6.95. The highest BCUT2D eigenvalue weighted by atomic mass is 32.2. The number of nitrogens with zero attached hydrogens (tertiary/aromatic N) is 1. The fourth-order valence-corrected chi connectivity index (χ4v) is 2.26. The zero-order valence-electron chi connectivity index (χ0n) is 8.97. The lowest BCUT2D eigenvalue weighted by atomic mass is 10.2. The molecule has 0 saturated carbocycles. The minimum Gasteiger partial charge on any atom is -0.329 e. The first-order valence-corrected chi connectivity index (χ1v) is 6.54. The molecule has 0 bridgehead atoms. The van der Waals surface area contributed by atoms with Gasteiger partial charge in [0.1, 0.15) is 0 Å². The smallest absolute Gasteiger partial charge is 0.232 e. The quantitative estimate of drug-likeness (QED) is 0.826. The van der Waals surface area contributed by atoms with Crippen LogP contribution in [0.1, 0.15) is 5.56 Å². The first kappa shape index (κ1) is 12.0. The summed E-state index contributed by atoms with van der Waals surface area (Å²) in [7, 11) is -3.24. The zero-order chi connectivity index (χ0) is 11.5. The van der Waals surface area contributed by atoms with Gasteiger partial charge in [-0.05, 0) is 19.1 Å². The topological polar surface area (TPSA) is 63.4 Å². The predicted molar refractivity (Wildman–Crippen MR) is 62.4 cm³/mol. The zero-order valence-corrected chi connectivity index (χ0v) is 9.79. The molecule has 0 fully saturated rings. The molecule has 0 aliphatic rings. The average Bonchev–Trinajstić information content (AvgIpc) is 2.14. The maximum absolute atomic E-state index is 11.5. The molecule has 0 amide bonds. The first-order valence-electron chi connectivity index (χ1n) is 4.69. The molecule has 0 aliphatic heterocycles. The molecule has 0 atom stereocenters. The fraction of sp³-hybridized carbons (Fsp3) is 0.400. The lowest BCUT2D eigenvalue weighted by Gasteiger charge is -2.21. The van der Waals surface area contributed by atoms with Gasteiger partial charge in [-0.2, -0.15) is 0 Å². The minimum atomic E-state index is -3.24. The summed E-state index contributed by atoms with van der Waals surface area (Å²) >= 11 is 0. The third-order valence-corrected chi connectivity index (χ3v) is 3.25. The summed E-state index contributed by atoms with van der Waals surface area (Å²) in [4.78, 5) is 0. The van der Waals surface area contributed by atoms with Gasteiger partial charge in [0.15, 0.2) is 0 Å². The van der Waals surface area contributed by atoms with Crippen LogP contribution in [0.3, 0.4) is 0 Å². The van der Waals surface area contributed by atoms with Crippen LogP contribution < -0.4 is 10.0 Å². The van der Waals surface area contributed by atoms with Crippen molar-refractivity contribution in [3.8, 4) is 0 Å². The second kappa shape index (κ2) is 4.63. The summed E-state index contributed by atoms with van der Waals surface area (Å²) in [6.45, 7) is 2.57. The van der Waals surface area contributed by atoms with Gasteiger partial charge in [0.2, 0.25) is 10.0 Å². The van der Waals surface area contributed by atoms with Crippen molar-refractivity contribution >= 4 is 15.7 Å². The number of anilines is 1. The fourth-order valence-electron chi connectivity index (χ4n) is 1.31. The van der Waals surface area contributed by atoms with Crippen LogP contribution in [0.25, 0.3) is 0 Å². The van der Waals surface area contributed by atoms with E-state index in [1.54, 1.807) is 12.1 Å². The monoisotopic (exact) mass is 228 g/mol. The van der Waals surface area contributed by atoms with Gasteiger partial charge < -0.3 is 5.73 Å². The molecule has 84 valence electrons. The van der Waals surface area contributed by atoms with E-state index >= 15 is 0 Å². The normalized spacial score (nSPS) is 11.4. The van der Waals surface area contributed by atoms with Crippen LogP contribution in [0.5, 0.6) is 0 Å². The van der Waals surface area contributed by atoms with Crippen molar-refractivity contribution in [2.45, 2.75) is 6.92 Å². The van der Waals surface area contributed by atoms with Crippen LogP contribution in [-0.4, -0.2) is 27.8 Å². The maximum atomic E-state index is 11.5. The Morgan fingerprint density at radius 1 is 1.27 bits per heavy atom. The molecule has 15 heavy (non-hydrogen) atoms. The molecular weight excluding hydrogens is 212 g/mol. The second-order valence-electron chi connectivity index (χ2n) is 3.46. The van der Waals surface area contributed by atoms with Crippen LogP contribution in [0.15, 0.2) is 24.3 Å². The van der Waals surface area contributed by atoms with Gasteiger partial charge in [0, 0.05) is 13.1 Å². The molecular formula is C10H16N2O2S.